The van der Waals surface area contributed by atoms with Crippen molar-refractivity contribution in [3.8, 4) is 5.75 Å². The highest BCUT2D eigenvalue weighted by Gasteiger charge is 2.27. The van der Waals surface area contributed by atoms with Gasteiger partial charge >= 0.3 is 5.97 Å². The topological polar surface area (TPSA) is 66.8 Å². The second-order valence-corrected chi connectivity index (χ2v) is 5.94. The number of nitrogens with zero attached hydrogens (tertiary/aromatic N) is 1. The number of carboxylic acid groups (broad SMARTS) is 1. The number of halogens is 2. The van der Waals surface area contributed by atoms with E-state index >= 15 is 0 Å². The number of piperidine rings is 1. The zero-order valence-electron chi connectivity index (χ0n) is 12.6. The highest BCUT2D eigenvalue weighted by molar-refractivity contribution is 6.32. The summed E-state index contributed by atoms with van der Waals surface area (Å²) in [5.41, 5.74) is 0. The SMILES string of the molecule is O=C(O)CCC1CCCCN1C(=O)COc1ccc(F)cc1Cl. The molecule has 0 saturated carbocycles. The van der Waals surface area contributed by atoms with Crippen LogP contribution >= 0.6 is 11.6 Å². The first-order valence-electron chi connectivity index (χ1n) is 7.56. The van der Waals surface area contributed by atoms with E-state index in [1.807, 2.05) is 0 Å². The standard InChI is InChI=1S/C16H19ClFNO4/c17-13-9-11(18)4-6-14(13)23-10-15(20)19-8-2-1-3-12(19)5-7-16(21)22/h4,6,9,12H,1-3,5,7-8,10H2,(H,21,22). The molecule has 1 atom stereocenters. The number of carbonyl (C=O) groups excluding carboxylic acids is 1. The summed E-state index contributed by atoms with van der Waals surface area (Å²) in [7, 11) is 0. The lowest BCUT2D eigenvalue weighted by Gasteiger charge is -2.35. The smallest absolute Gasteiger partial charge is 0.303 e. The Morgan fingerprint density at radius 2 is 2.17 bits per heavy atom. The zero-order chi connectivity index (χ0) is 16.8. The van der Waals surface area contributed by atoms with Gasteiger partial charge in [-0.05, 0) is 43.9 Å². The van der Waals surface area contributed by atoms with Crippen LogP contribution in [0.4, 0.5) is 4.39 Å². The number of ether oxygens (including phenoxy) is 1. The number of aliphatic carboxylic acids is 1. The van der Waals surface area contributed by atoms with Crippen LogP contribution in [0.3, 0.4) is 0 Å². The number of likely N-dealkylation sites (tertiary alicyclic amines) is 1. The third kappa shape index (κ3) is 5.10. The number of carbonyl (C=O) groups is 2. The maximum absolute atomic E-state index is 13.0. The van der Waals surface area contributed by atoms with Crippen LogP contribution in [-0.2, 0) is 9.59 Å². The van der Waals surface area contributed by atoms with Crippen LogP contribution in [0.1, 0.15) is 32.1 Å². The highest BCUT2D eigenvalue weighted by atomic mass is 35.5. The molecule has 7 heteroatoms. The minimum absolute atomic E-state index is 0.0408. The molecular formula is C16H19ClFNO4. The molecule has 5 nitrogen and oxygen atoms in total. The van der Waals surface area contributed by atoms with E-state index in [9.17, 15) is 14.0 Å². The lowest BCUT2D eigenvalue weighted by atomic mass is 9.98. The first-order chi connectivity index (χ1) is 11.0. The molecule has 0 aromatic heterocycles. The number of benzene rings is 1. The normalized spacial score (nSPS) is 17.8. The molecule has 0 aliphatic carbocycles. The summed E-state index contributed by atoms with van der Waals surface area (Å²) in [5.74, 6) is -1.29. The fraction of sp³-hybridized carbons (Fsp3) is 0.500. The van der Waals surface area contributed by atoms with Crippen molar-refractivity contribution < 1.29 is 23.8 Å². The summed E-state index contributed by atoms with van der Waals surface area (Å²) in [6.07, 6.45) is 3.17. The summed E-state index contributed by atoms with van der Waals surface area (Å²) in [5, 5.41) is 8.91. The average molecular weight is 344 g/mol. The van der Waals surface area contributed by atoms with Gasteiger partial charge in [0.05, 0.1) is 5.02 Å². The Morgan fingerprint density at radius 3 is 2.87 bits per heavy atom. The molecule has 1 heterocycles. The number of amides is 1. The number of rotatable bonds is 6. The first-order valence-corrected chi connectivity index (χ1v) is 7.94. The molecular weight excluding hydrogens is 325 g/mol. The van der Waals surface area contributed by atoms with E-state index in [2.05, 4.69) is 0 Å². The van der Waals surface area contributed by atoms with E-state index < -0.39 is 11.8 Å². The number of hydrogen-bond donors (Lipinski definition) is 1. The third-order valence-electron chi connectivity index (χ3n) is 3.88. The molecule has 2 rings (SSSR count). The van der Waals surface area contributed by atoms with E-state index in [0.29, 0.717) is 13.0 Å². The Labute approximate surface area is 139 Å². The number of carboxylic acids is 1. The van der Waals surface area contributed by atoms with Gasteiger partial charge in [-0.25, -0.2) is 4.39 Å². The van der Waals surface area contributed by atoms with Crippen LogP contribution in [0, 0.1) is 5.82 Å². The largest absolute Gasteiger partial charge is 0.482 e. The van der Waals surface area contributed by atoms with E-state index in [4.69, 9.17) is 21.4 Å². The summed E-state index contributed by atoms with van der Waals surface area (Å²) in [4.78, 5) is 24.7. The second kappa shape index (κ2) is 8.15. The maximum atomic E-state index is 13.0. The molecule has 1 aliphatic rings. The quantitative estimate of drug-likeness (QED) is 0.861. The minimum atomic E-state index is -0.864. The van der Waals surface area contributed by atoms with Gasteiger partial charge in [0.1, 0.15) is 11.6 Å². The molecule has 1 aliphatic heterocycles. The predicted molar refractivity (Wildman–Crippen MR) is 83.1 cm³/mol. The average Bonchev–Trinajstić information content (AvgIpc) is 2.52. The van der Waals surface area contributed by atoms with Crippen molar-refractivity contribution in [3.05, 3.63) is 29.0 Å². The van der Waals surface area contributed by atoms with Gasteiger partial charge in [-0.2, -0.15) is 0 Å². The molecule has 0 radical (unpaired) electrons. The molecule has 0 spiro atoms. The fourth-order valence-corrected chi connectivity index (χ4v) is 2.96. The Balaban J connectivity index is 1.93. The highest BCUT2D eigenvalue weighted by Crippen LogP contribution is 2.26. The Hall–Kier alpha value is -1.82. The molecule has 1 fully saturated rings. The summed E-state index contributed by atoms with van der Waals surface area (Å²) in [6, 6.07) is 3.64. The van der Waals surface area contributed by atoms with Crippen LogP contribution < -0.4 is 4.74 Å². The van der Waals surface area contributed by atoms with Crippen LogP contribution in [0.15, 0.2) is 18.2 Å². The predicted octanol–water partition coefficient (Wildman–Crippen LogP) is 3.10. The van der Waals surface area contributed by atoms with E-state index in [1.165, 1.54) is 12.1 Å². The van der Waals surface area contributed by atoms with Gasteiger partial charge in [-0.1, -0.05) is 11.6 Å². The van der Waals surface area contributed by atoms with Gasteiger partial charge in [0.15, 0.2) is 6.61 Å². The molecule has 0 bridgehead atoms. The zero-order valence-corrected chi connectivity index (χ0v) is 13.4. The molecule has 1 amide bonds. The van der Waals surface area contributed by atoms with Crippen LogP contribution in [0.25, 0.3) is 0 Å². The van der Waals surface area contributed by atoms with Crippen molar-refractivity contribution in [1.29, 1.82) is 0 Å². The van der Waals surface area contributed by atoms with E-state index in [0.717, 1.165) is 25.3 Å². The van der Waals surface area contributed by atoms with Crippen molar-refractivity contribution in [2.24, 2.45) is 0 Å². The summed E-state index contributed by atoms with van der Waals surface area (Å²) in [6.45, 7) is 0.401. The third-order valence-corrected chi connectivity index (χ3v) is 4.18. The summed E-state index contributed by atoms with van der Waals surface area (Å²) >= 11 is 5.86. The molecule has 126 valence electrons. The fourth-order valence-electron chi connectivity index (χ4n) is 2.73. The lowest BCUT2D eigenvalue weighted by molar-refractivity contribution is -0.141. The Kier molecular flexibility index (Phi) is 6.21. The van der Waals surface area contributed by atoms with Crippen molar-refractivity contribution in [1.82, 2.24) is 4.90 Å². The Morgan fingerprint density at radius 1 is 1.39 bits per heavy atom. The van der Waals surface area contributed by atoms with E-state index in [1.54, 1.807) is 4.90 Å². The van der Waals surface area contributed by atoms with Crippen LogP contribution in [0.5, 0.6) is 5.75 Å². The second-order valence-electron chi connectivity index (χ2n) is 5.53. The minimum Gasteiger partial charge on any atom is -0.482 e. The van der Waals surface area contributed by atoms with Gasteiger partial charge in [-0.3, -0.25) is 9.59 Å². The van der Waals surface area contributed by atoms with Gasteiger partial charge in [0.2, 0.25) is 0 Å². The van der Waals surface area contributed by atoms with Crippen molar-refractivity contribution in [3.63, 3.8) is 0 Å². The van der Waals surface area contributed by atoms with Crippen LogP contribution in [0.2, 0.25) is 5.02 Å². The summed E-state index contributed by atoms with van der Waals surface area (Å²) < 4.78 is 18.3. The van der Waals surface area contributed by atoms with E-state index in [-0.39, 0.29) is 35.7 Å². The lowest BCUT2D eigenvalue weighted by Crippen LogP contribution is -2.46. The number of hydrogen-bond acceptors (Lipinski definition) is 3. The molecule has 1 N–H and O–H groups in total. The molecule has 1 saturated heterocycles. The monoisotopic (exact) mass is 343 g/mol. The van der Waals surface area contributed by atoms with Gasteiger partial charge < -0.3 is 14.7 Å². The van der Waals surface area contributed by atoms with Crippen molar-refractivity contribution in [2.45, 2.75) is 38.1 Å². The molecule has 1 aromatic carbocycles. The first kappa shape index (κ1) is 17.5. The van der Waals surface area contributed by atoms with Gasteiger partial charge in [0.25, 0.3) is 5.91 Å². The van der Waals surface area contributed by atoms with Crippen LogP contribution in [-0.4, -0.2) is 41.1 Å². The van der Waals surface area contributed by atoms with Gasteiger partial charge in [-0.15, -0.1) is 0 Å². The van der Waals surface area contributed by atoms with Crippen molar-refractivity contribution in [2.75, 3.05) is 13.2 Å². The molecule has 1 aromatic rings. The van der Waals surface area contributed by atoms with Crippen molar-refractivity contribution >= 4 is 23.5 Å². The maximum Gasteiger partial charge on any atom is 0.303 e. The Bertz CT molecular complexity index is 581. The molecule has 1 unspecified atom stereocenters. The van der Waals surface area contributed by atoms with Gasteiger partial charge in [0, 0.05) is 19.0 Å². The molecule has 23 heavy (non-hydrogen) atoms.